The number of pyridine rings is 2. The van der Waals surface area contributed by atoms with Crippen molar-refractivity contribution in [3.8, 4) is 40.0 Å². The lowest BCUT2D eigenvalue weighted by atomic mass is 9.94. The molecule has 11 nitrogen and oxygen atoms in total. The van der Waals surface area contributed by atoms with Crippen LogP contribution in [0.25, 0.3) is 11.3 Å². The van der Waals surface area contributed by atoms with Gasteiger partial charge in [-0.15, -0.1) is 0 Å². The van der Waals surface area contributed by atoms with Gasteiger partial charge in [0.2, 0.25) is 12.5 Å². The normalized spacial score (nSPS) is 20.3. The zero-order valence-corrected chi connectivity index (χ0v) is 31.1. The first-order chi connectivity index (χ1) is 27.6. The molecule has 2 aromatic heterocycles. The fraction of sp³-hybridized carbons (Fsp3) is 0.200. The fourth-order valence-electron chi connectivity index (χ4n) is 8.15. The Morgan fingerprint density at radius 2 is 1.20 bits per heavy atom. The van der Waals surface area contributed by atoms with Crippen LogP contribution in [0.1, 0.15) is 70.8 Å². The van der Waals surface area contributed by atoms with Gasteiger partial charge < -0.3 is 23.7 Å². The Morgan fingerprint density at radius 1 is 0.554 bits per heavy atom. The minimum absolute atomic E-state index is 0.00805. The molecule has 0 saturated heterocycles. The van der Waals surface area contributed by atoms with E-state index in [1.165, 1.54) is 0 Å². The summed E-state index contributed by atoms with van der Waals surface area (Å²) in [4.78, 5) is 9.10. The van der Waals surface area contributed by atoms with E-state index >= 15 is 0 Å². The lowest BCUT2D eigenvalue weighted by molar-refractivity contribution is -0.0191. The van der Waals surface area contributed by atoms with Crippen molar-refractivity contribution < 1.29 is 23.7 Å². The standard InChI is InChI=1S/C45H38N6O5/c1-52-32-12-8-27(9-13-32)36-25-39-34-14-10-29(23-42(34)56-44(50(39)48-36)28-16-19-46-20-17-28)35-22-31(18-21-47-35)45-51-38(33-6-4-5-7-40(33)55-45)26-37(49-51)30-11-15-41(53-2)43(24-30)54-3/h4-24,38-39,44-45H,25-26H2,1-3H3. The molecule has 4 aliphatic rings. The summed E-state index contributed by atoms with van der Waals surface area (Å²) >= 11 is 0. The minimum atomic E-state index is -0.472. The number of rotatable bonds is 8. The number of hydrogen-bond acceptors (Lipinski definition) is 11. The van der Waals surface area contributed by atoms with E-state index in [0.29, 0.717) is 17.9 Å². The Bertz CT molecular complexity index is 2510. The number of hydrazone groups is 2. The minimum Gasteiger partial charge on any atom is -0.497 e. The second-order valence-electron chi connectivity index (χ2n) is 14.1. The molecule has 10 rings (SSSR count). The smallest absolute Gasteiger partial charge is 0.214 e. The SMILES string of the molecule is COc1ccc(C2=NN3C(C2)c2ccc(-c4cc(C5Oc6ccccc6C6CC(c7ccc(OC)c(OC)c7)=NN65)ccn4)cc2OC3c2ccncc2)cc1. The van der Waals surface area contributed by atoms with Gasteiger partial charge in [-0.05, 0) is 84.4 Å². The first-order valence-electron chi connectivity index (χ1n) is 18.6. The van der Waals surface area contributed by atoms with E-state index in [1.54, 1.807) is 33.7 Å². The maximum absolute atomic E-state index is 6.82. The van der Waals surface area contributed by atoms with Gasteiger partial charge in [0, 0.05) is 64.8 Å². The second kappa shape index (κ2) is 13.8. The van der Waals surface area contributed by atoms with Gasteiger partial charge in [-0.3, -0.25) is 9.97 Å². The number of benzene rings is 4. The number of nitrogens with zero attached hydrogens (tertiary/aromatic N) is 6. The van der Waals surface area contributed by atoms with Crippen molar-refractivity contribution in [1.29, 1.82) is 0 Å². The summed E-state index contributed by atoms with van der Waals surface area (Å²) in [5, 5.41) is 14.5. The molecule has 4 aromatic carbocycles. The summed E-state index contributed by atoms with van der Waals surface area (Å²) in [6.07, 6.45) is 5.97. The van der Waals surface area contributed by atoms with Gasteiger partial charge >= 0.3 is 0 Å². The van der Waals surface area contributed by atoms with Crippen LogP contribution < -0.4 is 23.7 Å². The molecule has 4 unspecified atom stereocenters. The number of hydrogen-bond donors (Lipinski definition) is 0. The van der Waals surface area contributed by atoms with Gasteiger partial charge in [-0.1, -0.05) is 30.3 Å². The van der Waals surface area contributed by atoms with Crippen LogP contribution in [-0.2, 0) is 0 Å². The maximum Gasteiger partial charge on any atom is 0.214 e. The predicted octanol–water partition coefficient (Wildman–Crippen LogP) is 8.65. The summed E-state index contributed by atoms with van der Waals surface area (Å²) in [5.41, 5.74) is 9.82. The van der Waals surface area contributed by atoms with Gasteiger partial charge in [0.05, 0.1) is 50.5 Å². The Balaban J connectivity index is 0.990. The third-order valence-electron chi connectivity index (χ3n) is 11.0. The van der Waals surface area contributed by atoms with E-state index in [4.69, 9.17) is 38.9 Å². The maximum atomic E-state index is 6.82. The second-order valence-corrected chi connectivity index (χ2v) is 14.1. The molecule has 4 aliphatic heterocycles. The van der Waals surface area contributed by atoms with Crippen LogP contribution >= 0.6 is 0 Å². The van der Waals surface area contributed by atoms with Crippen molar-refractivity contribution in [1.82, 2.24) is 20.0 Å². The lowest BCUT2D eigenvalue weighted by Gasteiger charge is -2.38. The zero-order valence-electron chi connectivity index (χ0n) is 31.1. The Kier molecular flexibility index (Phi) is 8.27. The molecule has 0 N–H and O–H groups in total. The molecule has 0 radical (unpaired) electrons. The summed E-state index contributed by atoms with van der Waals surface area (Å²) < 4.78 is 30.1. The molecule has 0 saturated carbocycles. The molecule has 0 spiro atoms. The Labute approximate surface area is 324 Å². The monoisotopic (exact) mass is 742 g/mol. The van der Waals surface area contributed by atoms with Gasteiger partial charge in [0.1, 0.15) is 17.2 Å². The molecule has 11 heteroatoms. The highest BCUT2D eigenvalue weighted by atomic mass is 16.5. The number of fused-ring (bicyclic) bond motifs is 6. The molecule has 6 heterocycles. The average Bonchev–Trinajstić information content (AvgIpc) is 3.93. The van der Waals surface area contributed by atoms with Crippen LogP contribution in [0.15, 0.2) is 138 Å². The highest BCUT2D eigenvalue weighted by molar-refractivity contribution is 6.03. The number of para-hydroxylation sites is 1. The zero-order chi connectivity index (χ0) is 37.8. The van der Waals surface area contributed by atoms with Crippen LogP contribution in [0.2, 0.25) is 0 Å². The lowest BCUT2D eigenvalue weighted by Crippen LogP contribution is -2.33. The third-order valence-corrected chi connectivity index (χ3v) is 11.0. The van der Waals surface area contributed by atoms with Crippen molar-refractivity contribution in [2.45, 2.75) is 37.4 Å². The van der Waals surface area contributed by atoms with Crippen molar-refractivity contribution in [2.75, 3.05) is 21.3 Å². The molecule has 56 heavy (non-hydrogen) atoms. The Hall–Kier alpha value is -6.88. The Morgan fingerprint density at radius 3 is 1.95 bits per heavy atom. The highest BCUT2D eigenvalue weighted by Gasteiger charge is 2.43. The first-order valence-corrected chi connectivity index (χ1v) is 18.6. The summed E-state index contributed by atoms with van der Waals surface area (Å²) in [7, 11) is 4.96. The van der Waals surface area contributed by atoms with Crippen LogP contribution in [0.4, 0.5) is 0 Å². The van der Waals surface area contributed by atoms with Crippen LogP contribution in [-0.4, -0.2) is 52.7 Å². The average molecular weight is 743 g/mol. The summed E-state index contributed by atoms with van der Waals surface area (Å²) in [5.74, 6) is 3.80. The van der Waals surface area contributed by atoms with E-state index in [-0.39, 0.29) is 12.1 Å². The van der Waals surface area contributed by atoms with Crippen LogP contribution in [0.3, 0.4) is 0 Å². The van der Waals surface area contributed by atoms with Crippen molar-refractivity contribution >= 4 is 11.4 Å². The van der Waals surface area contributed by atoms with E-state index in [2.05, 4.69) is 57.5 Å². The van der Waals surface area contributed by atoms with E-state index in [1.807, 2.05) is 72.9 Å². The van der Waals surface area contributed by atoms with E-state index in [9.17, 15) is 0 Å². The third kappa shape index (κ3) is 5.74. The number of methoxy groups -OCH3 is 3. The van der Waals surface area contributed by atoms with Crippen molar-refractivity contribution in [2.24, 2.45) is 10.2 Å². The van der Waals surface area contributed by atoms with E-state index < -0.39 is 12.5 Å². The topological polar surface area (TPSA) is 103 Å². The molecule has 0 bridgehead atoms. The highest BCUT2D eigenvalue weighted by Crippen LogP contribution is 2.50. The van der Waals surface area contributed by atoms with Gasteiger partial charge in [0.25, 0.3) is 0 Å². The number of aromatic nitrogens is 2. The van der Waals surface area contributed by atoms with Crippen LogP contribution in [0.5, 0.6) is 28.7 Å². The predicted molar refractivity (Wildman–Crippen MR) is 211 cm³/mol. The first kappa shape index (κ1) is 33.7. The van der Waals surface area contributed by atoms with Gasteiger partial charge in [-0.2, -0.15) is 10.2 Å². The molecule has 0 amide bonds. The quantitative estimate of drug-likeness (QED) is 0.152. The molecule has 4 atom stereocenters. The molecule has 6 aromatic rings. The van der Waals surface area contributed by atoms with Crippen molar-refractivity contribution in [3.05, 3.63) is 161 Å². The molecular formula is C45H38N6O5. The summed E-state index contributed by atoms with van der Waals surface area (Å²) in [6, 6.07) is 36.6. The molecular weight excluding hydrogens is 705 g/mol. The van der Waals surface area contributed by atoms with Gasteiger partial charge in [0.15, 0.2) is 11.5 Å². The fourth-order valence-corrected chi connectivity index (χ4v) is 8.15. The summed E-state index contributed by atoms with van der Waals surface area (Å²) in [6.45, 7) is 0. The largest absolute Gasteiger partial charge is 0.497 e. The molecule has 278 valence electrons. The van der Waals surface area contributed by atoms with Crippen molar-refractivity contribution in [3.63, 3.8) is 0 Å². The van der Waals surface area contributed by atoms with E-state index in [0.717, 1.165) is 79.7 Å². The van der Waals surface area contributed by atoms with Crippen LogP contribution in [0, 0.1) is 0 Å². The number of ether oxygens (including phenoxy) is 5. The molecule has 0 aliphatic carbocycles. The molecule has 0 fully saturated rings. The van der Waals surface area contributed by atoms with Gasteiger partial charge in [-0.25, -0.2) is 10.0 Å².